The molecule has 1 aromatic carbocycles. The van der Waals surface area contributed by atoms with E-state index in [0.717, 1.165) is 44.4 Å². The lowest BCUT2D eigenvalue weighted by molar-refractivity contribution is 0.313. The fraction of sp³-hybridized carbons (Fsp3) is 0.667. The van der Waals surface area contributed by atoms with Gasteiger partial charge in [0.15, 0.2) is 0 Å². The van der Waals surface area contributed by atoms with Gasteiger partial charge in [0, 0.05) is 10.9 Å². The van der Waals surface area contributed by atoms with Crippen LogP contribution < -0.4 is 10.1 Å². The van der Waals surface area contributed by atoms with Crippen LogP contribution in [0.1, 0.15) is 43.7 Å². The first kappa shape index (κ1) is 15.4. The molecule has 0 radical (unpaired) electrons. The molecule has 0 amide bonds. The Morgan fingerprint density at radius 1 is 1.33 bits per heavy atom. The minimum atomic E-state index is 0.745. The van der Waals surface area contributed by atoms with E-state index in [4.69, 9.17) is 4.74 Å². The molecule has 1 aromatic rings. The van der Waals surface area contributed by atoms with Crippen molar-refractivity contribution >= 4 is 15.9 Å². The standard InChI is InChI=1S/C18H26BrNO/c1-2-20-12-16(13-5-3-4-6-13)9-15-11-17(19)10-14-7-8-21-18(14)15/h10-11,13,16,20H,2-9,12H2,1H3. The first-order chi connectivity index (χ1) is 10.3. The van der Waals surface area contributed by atoms with E-state index in [9.17, 15) is 0 Å². The van der Waals surface area contributed by atoms with E-state index < -0.39 is 0 Å². The van der Waals surface area contributed by atoms with Crippen molar-refractivity contribution in [1.29, 1.82) is 0 Å². The number of hydrogen-bond donors (Lipinski definition) is 1. The molecule has 1 atom stereocenters. The maximum absolute atomic E-state index is 5.91. The second kappa shape index (κ2) is 7.15. The van der Waals surface area contributed by atoms with Crippen LogP contribution >= 0.6 is 15.9 Å². The Kier molecular flexibility index (Phi) is 5.23. The van der Waals surface area contributed by atoms with Crippen molar-refractivity contribution in [1.82, 2.24) is 5.32 Å². The molecule has 1 unspecified atom stereocenters. The average Bonchev–Trinajstić information content (AvgIpc) is 3.13. The highest BCUT2D eigenvalue weighted by molar-refractivity contribution is 9.10. The Morgan fingerprint density at radius 3 is 2.90 bits per heavy atom. The van der Waals surface area contributed by atoms with E-state index in [1.807, 2.05) is 0 Å². The van der Waals surface area contributed by atoms with Gasteiger partial charge in [0.2, 0.25) is 0 Å². The topological polar surface area (TPSA) is 21.3 Å². The van der Waals surface area contributed by atoms with Crippen LogP contribution in [0, 0.1) is 11.8 Å². The van der Waals surface area contributed by atoms with Crippen molar-refractivity contribution in [2.75, 3.05) is 19.7 Å². The second-order valence-electron chi connectivity index (χ2n) is 6.47. The molecule has 116 valence electrons. The number of fused-ring (bicyclic) bond motifs is 1. The molecule has 1 N–H and O–H groups in total. The first-order valence-electron chi connectivity index (χ1n) is 8.42. The van der Waals surface area contributed by atoms with Gasteiger partial charge < -0.3 is 10.1 Å². The third-order valence-corrected chi connectivity index (χ3v) is 5.49. The molecule has 1 aliphatic heterocycles. The molecule has 2 aliphatic rings. The summed E-state index contributed by atoms with van der Waals surface area (Å²) >= 11 is 3.67. The van der Waals surface area contributed by atoms with Gasteiger partial charge >= 0.3 is 0 Å². The Morgan fingerprint density at radius 2 is 2.14 bits per heavy atom. The molecule has 3 rings (SSSR count). The van der Waals surface area contributed by atoms with Crippen molar-refractivity contribution in [3.8, 4) is 5.75 Å². The predicted octanol–water partition coefficient (Wildman–Crippen LogP) is 4.34. The molecule has 2 nitrogen and oxygen atoms in total. The lowest BCUT2D eigenvalue weighted by Gasteiger charge is -2.25. The van der Waals surface area contributed by atoms with Crippen LogP contribution in [0.3, 0.4) is 0 Å². The molecule has 21 heavy (non-hydrogen) atoms. The van der Waals surface area contributed by atoms with Gasteiger partial charge in [-0.25, -0.2) is 0 Å². The fourth-order valence-electron chi connectivity index (χ4n) is 3.94. The minimum Gasteiger partial charge on any atom is -0.493 e. The number of ether oxygens (including phenoxy) is 1. The zero-order chi connectivity index (χ0) is 14.7. The summed E-state index contributed by atoms with van der Waals surface area (Å²) < 4.78 is 7.12. The highest BCUT2D eigenvalue weighted by Crippen LogP contribution is 2.38. The van der Waals surface area contributed by atoms with E-state index in [2.05, 4.69) is 40.3 Å². The number of benzene rings is 1. The third-order valence-electron chi connectivity index (χ3n) is 5.03. The first-order valence-corrected chi connectivity index (χ1v) is 9.22. The number of halogens is 1. The van der Waals surface area contributed by atoms with Crippen LogP contribution in [0.4, 0.5) is 0 Å². The Bertz CT molecular complexity index is 482. The summed E-state index contributed by atoms with van der Waals surface area (Å²) in [6.45, 7) is 5.25. The second-order valence-corrected chi connectivity index (χ2v) is 7.38. The molecule has 0 saturated heterocycles. The van der Waals surface area contributed by atoms with Crippen LogP contribution in [0.2, 0.25) is 0 Å². The van der Waals surface area contributed by atoms with Crippen LogP contribution in [0.15, 0.2) is 16.6 Å². The van der Waals surface area contributed by atoms with Gasteiger partial charge in [-0.3, -0.25) is 0 Å². The van der Waals surface area contributed by atoms with Crippen molar-refractivity contribution in [3.05, 3.63) is 27.7 Å². The maximum atomic E-state index is 5.91. The van der Waals surface area contributed by atoms with Crippen LogP contribution in [-0.4, -0.2) is 19.7 Å². The summed E-state index contributed by atoms with van der Waals surface area (Å²) in [6, 6.07) is 4.50. The van der Waals surface area contributed by atoms with Gasteiger partial charge in [0.25, 0.3) is 0 Å². The quantitative estimate of drug-likeness (QED) is 0.822. The highest BCUT2D eigenvalue weighted by Gasteiger charge is 2.27. The lowest BCUT2D eigenvalue weighted by Crippen LogP contribution is -2.29. The van der Waals surface area contributed by atoms with E-state index in [0.29, 0.717) is 0 Å². The Hall–Kier alpha value is -0.540. The smallest absolute Gasteiger partial charge is 0.125 e. The van der Waals surface area contributed by atoms with Crippen LogP contribution in [0.25, 0.3) is 0 Å². The molecular formula is C18H26BrNO. The van der Waals surface area contributed by atoms with Gasteiger partial charge in [-0.1, -0.05) is 48.5 Å². The minimum absolute atomic E-state index is 0.745. The van der Waals surface area contributed by atoms with E-state index >= 15 is 0 Å². The number of rotatable bonds is 6. The van der Waals surface area contributed by atoms with E-state index in [1.54, 1.807) is 0 Å². The SMILES string of the molecule is CCNCC(Cc1cc(Br)cc2c1OCC2)C1CCCC1. The molecule has 1 saturated carbocycles. The molecule has 3 heteroatoms. The summed E-state index contributed by atoms with van der Waals surface area (Å²) in [5.74, 6) is 2.81. The van der Waals surface area contributed by atoms with Gasteiger partial charge in [-0.2, -0.15) is 0 Å². The van der Waals surface area contributed by atoms with Gasteiger partial charge in [0.05, 0.1) is 6.61 Å². The summed E-state index contributed by atoms with van der Waals surface area (Å²) in [5, 5.41) is 3.58. The summed E-state index contributed by atoms with van der Waals surface area (Å²) in [4.78, 5) is 0. The largest absolute Gasteiger partial charge is 0.493 e. The van der Waals surface area contributed by atoms with Gasteiger partial charge in [-0.05, 0) is 54.6 Å². The summed E-state index contributed by atoms with van der Waals surface area (Å²) in [6.07, 6.45) is 7.86. The zero-order valence-electron chi connectivity index (χ0n) is 13.0. The third kappa shape index (κ3) is 3.62. The molecule has 0 bridgehead atoms. The van der Waals surface area contributed by atoms with Crippen LogP contribution in [-0.2, 0) is 12.8 Å². The van der Waals surface area contributed by atoms with Gasteiger partial charge in [-0.15, -0.1) is 0 Å². The number of nitrogens with one attached hydrogen (secondary N) is 1. The normalized spacial score (nSPS) is 19.5. The van der Waals surface area contributed by atoms with Gasteiger partial charge in [0.1, 0.15) is 5.75 Å². The Balaban J connectivity index is 1.78. The Labute approximate surface area is 136 Å². The highest BCUT2D eigenvalue weighted by atomic mass is 79.9. The van der Waals surface area contributed by atoms with Crippen molar-refractivity contribution in [3.63, 3.8) is 0 Å². The van der Waals surface area contributed by atoms with Crippen LogP contribution in [0.5, 0.6) is 5.75 Å². The molecule has 1 aliphatic carbocycles. The molecular weight excluding hydrogens is 326 g/mol. The number of hydrogen-bond acceptors (Lipinski definition) is 2. The summed E-state index contributed by atoms with van der Waals surface area (Å²) in [7, 11) is 0. The molecule has 0 spiro atoms. The van der Waals surface area contributed by atoms with E-state index in [-0.39, 0.29) is 0 Å². The lowest BCUT2D eigenvalue weighted by atomic mass is 9.85. The van der Waals surface area contributed by atoms with Crippen molar-refractivity contribution in [2.24, 2.45) is 11.8 Å². The molecule has 1 heterocycles. The molecule has 1 fully saturated rings. The van der Waals surface area contributed by atoms with Crippen molar-refractivity contribution < 1.29 is 4.74 Å². The maximum Gasteiger partial charge on any atom is 0.125 e. The molecule has 0 aromatic heterocycles. The summed E-state index contributed by atoms with van der Waals surface area (Å²) in [5.41, 5.74) is 2.79. The van der Waals surface area contributed by atoms with E-state index in [1.165, 1.54) is 47.0 Å². The zero-order valence-corrected chi connectivity index (χ0v) is 14.5. The average molecular weight is 352 g/mol. The predicted molar refractivity (Wildman–Crippen MR) is 91.0 cm³/mol. The fourth-order valence-corrected chi connectivity index (χ4v) is 4.50. The monoisotopic (exact) mass is 351 g/mol. The van der Waals surface area contributed by atoms with Crippen molar-refractivity contribution in [2.45, 2.75) is 45.4 Å².